The fraction of sp³-hybridized carbons (Fsp3) is 0.400. The zero-order valence-electron chi connectivity index (χ0n) is 16.1. The number of nitrogens with one attached hydrogen (secondary N) is 2. The number of ether oxygens (including phenoxy) is 2. The third kappa shape index (κ3) is 5.11. The van der Waals surface area contributed by atoms with Gasteiger partial charge in [0.25, 0.3) is 0 Å². The number of benzene rings is 1. The fourth-order valence-electron chi connectivity index (χ4n) is 3.10. The van der Waals surface area contributed by atoms with E-state index in [4.69, 9.17) is 9.15 Å². The van der Waals surface area contributed by atoms with Crippen LogP contribution in [0.4, 0.5) is 10.5 Å². The van der Waals surface area contributed by atoms with Gasteiger partial charge >= 0.3 is 12.0 Å². The molecule has 1 aliphatic heterocycles. The van der Waals surface area contributed by atoms with Crippen LogP contribution in [0, 0.1) is 6.92 Å². The Balaban J connectivity index is 1.59. The van der Waals surface area contributed by atoms with Crippen molar-refractivity contribution in [3.63, 3.8) is 0 Å². The highest BCUT2D eigenvalue weighted by atomic mass is 16.5. The number of furan rings is 1. The maximum absolute atomic E-state index is 12.3. The van der Waals surface area contributed by atoms with Gasteiger partial charge in [0.15, 0.2) is 0 Å². The number of carbonyl (C=O) groups is 2. The first-order chi connectivity index (χ1) is 13.6. The van der Waals surface area contributed by atoms with Gasteiger partial charge in [-0.05, 0) is 43.3 Å². The zero-order chi connectivity index (χ0) is 19.9. The third-order valence-electron chi connectivity index (χ3n) is 4.60. The lowest BCUT2D eigenvalue weighted by molar-refractivity contribution is 0.0122. The van der Waals surface area contributed by atoms with Crippen LogP contribution in [0.2, 0.25) is 0 Å². The van der Waals surface area contributed by atoms with E-state index in [0.29, 0.717) is 31.0 Å². The summed E-state index contributed by atoms with van der Waals surface area (Å²) in [6, 6.07) is 9.99. The molecule has 1 saturated heterocycles. The number of hydrogen-bond donors (Lipinski definition) is 2. The predicted octanol–water partition coefficient (Wildman–Crippen LogP) is 2.57. The Labute approximate surface area is 163 Å². The number of methoxy groups -OCH3 is 1. The molecule has 28 heavy (non-hydrogen) atoms. The largest absolute Gasteiger partial charge is 0.465 e. The molecule has 2 amide bonds. The van der Waals surface area contributed by atoms with Gasteiger partial charge in [-0.2, -0.15) is 0 Å². The van der Waals surface area contributed by atoms with Gasteiger partial charge in [0.1, 0.15) is 11.5 Å². The lowest BCUT2D eigenvalue weighted by Gasteiger charge is -2.33. The Bertz CT molecular complexity index is 796. The predicted molar refractivity (Wildman–Crippen MR) is 103 cm³/mol. The van der Waals surface area contributed by atoms with Crippen LogP contribution in [0.3, 0.4) is 0 Å². The van der Waals surface area contributed by atoms with E-state index in [1.165, 1.54) is 7.11 Å². The monoisotopic (exact) mass is 387 g/mol. The van der Waals surface area contributed by atoms with E-state index in [-0.39, 0.29) is 12.1 Å². The normalized spacial score (nSPS) is 15.6. The van der Waals surface area contributed by atoms with Crippen molar-refractivity contribution in [2.75, 3.05) is 45.3 Å². The maximum Gasteiger partial charge on any atom is 0.337 e. The highest BCUT2D eigenvalue weighted by Crippen LogP contribution is 2.23. The minimum absolute atomic E-state index is 0.0648. The zero-order valence-corrected chi connectivity index (χ0v) is 16.1. The molecule has 1 fully saturated rings. The van der Waals surface area contributed by atoms with Crippen molar-refractivity contribution in [2.45, 2.75) is 13.0 Å². The number of hydrogen-bond acceptors (Lipinski definition) is 6. The molecular formula is C20H25N3O5. The number of amides is 2. The van der Waals surface area contributed by atoms with Crippen LogP contribution in [-0.4, -0.2) is 56.9 Å². The number of aryl methyl sites for hydroxylation is 1. The standard InChI is InChI=1S/C20H25N3O5/c1-14-3-8-18(28-14)17(23-9-11-27-12-10-23)13-21-20(25)22-16-6-4-15(5-7-16)19(24)26-2/h3-8,17H,9-13H2,1-2H3,(H2,21,22,25). The highest BCUT2D eigenvalue weighted by molar-refractivity contribution is 5.92. The van der Waals surface area contributed by atoms with Gasteiger partial charge in [0, 0.05) is 25.3 Å². The second-order valence-electron chi connectivity index (χ2n) is 6.52. The highest BCUT2D eigenvalue weighted by Gasteiger charge is 2.25. The summed E-state index contributed by atoms with van der Waals surface area (Å²) in [5, 5.41) is 5.67. The second-order valence-corrected chi connectivity index (χ2v) is 6.52. The van der Waals surface area contributed by atoms with Crippen LogP contribution in [0.25, 0.3) is 0 Å². The van der Waals surface area contributed by atoms with Crippen LogP contribution < -0.4 is 10.6 Å². The van der Waals surface area contributed by atoms with Crippen LogP contribution in [0.5, 0.6) is 0 Å². The molecule has 1 unspecified atom stereocenters. The van der Waals surface area contributed by atoms with Crippen molar-refractivity contribution in [1.29, 1.82) is 0 Å². The summed E-state index contributed by atoms with van der Waals surface area (Å²) < 4.78 is 15.9. The molecule has 2 N–H and O–H groups in total. The van der Waals surface area contributed by atoms with Gasteiger partial charge in [-0.15, -0.1) is 0 Å². The molecule has 8 nitrogen and oxygen atoms in total. The molecule has 3 rings (SSSR count). The summed E-state index contributed by atoms with van der Waals surface area (Å²) in [6.45, 7) is 5.19. The molecule has 1 aromatic carbocycles. The van der Waals surface area contributed by atoms with Crippen LogP contribution in [0.15, 0.2) is 40.8 Å². The number of rotatable bonds is 6. The molecule has 2 heterocycles. The number of nitrogens with zero attached hydrogens (tertiary/aromatic N) is 1. The summed E-state index contributed by atoms with van der Waals surface area (Å²) in [6.07, 6.45) is 0. The van der Waals surface area contributed by atoms with Crippen LogP contribution >= 0.6 is 0 Å². The van der Waals surface area contributed by atoms with Gasteiger partial charge < -0.3 is 24.5 Å². The number of morpholine rings is 1. The van der Waals surface area contributed by atoms with E-state index < -0.39 is 5.97 Å². The van der Waals surface area contributed by atoms with Gasteiger partial charge in [-0.3, -0.25) is 4.90 Å². The fourth-order valence-corrected chi connectivity index (χ4v) is 3.10. The minimum Gasteiger partial charge on any atom is -0.465 e. The van der Waals surface area contributed by atoms with Crippen LogP contribution in [-0.2, 0) is 9.47 Å². The van der Waals surface area contributed by atoms with E-state index in [9.17, 15) is 9.59 Å². The van der Waals surface area contributed by atoms with Crippen molar-refractivity contribution in [3.05, 3.63) is 53.5 Å². The number of urea groups is 1. The Morgan fingerprint density at radius 1 is 1.14 bits per heavy atom. The van der Waals surface area contributed by atoms with Crippen molar-refractivity contribution in [1.82, 2.24) is 10.2 Å². The van der Waals surface area contributed by atoms with Crippen molar-refractivity contribution >= 4 is 17.7 Å². The molecular weight excluding hydrogens is 362 g/mol. The summed E-state index contributed by atoms with van der Waals surface area (Å²) in [5.41, 5.74) is 1.01. The van der Waals surface area contributed by atoms with E-state index in [1.54, 1.807) is 24.3 Å². The molecule has 0 radical (unpaired) electrons. The Hall–Kier alpha value is -2.84. The molecule has 8 heteroatoms. The minimum atomic E-state index is -0.418. The molecule has 0 saturated carbocycles. The Morgan fingerprint density at radius 3 is 2.46 bits per heavy atom. The average molecular weight is 387 g/mol. The topological polar surface area (TPSA) is 93.0 Å². The molecule has 1 aliphatic rings. The molecule has 1 atom stereocenters. The summed E-state index contributed by atoms with van der Waals surface area (Å²) in [7, 11) is 1.33. The SMILES string of the molecule is COC(=O)c1ccc(NC(=O)NCC(c2ccc(C)o2)N2CCOCC2)cc1. The Kier molecular flexibility index (Phi) is 6.67. The Morgan fingerprint density at radius 2 is 1.86 bits per heavy atom. The van der Waals surface area contributed by atoms with Crippen molar-refractivity contribution in [3.8, 4) is 0 Å². The van der Waals surface area contributed by atoms with Crippen molar-refractivity contribution in [2.24, 2.45) is 0 Å². The van der Waals surface area contributed by atoms with Gasteiger partial charge in [0.2, 0.25) is 0 Å². The molecule has 1 aromatic heterocycles. The van der Waals surface area contributed by atoms with E-state index in [1.807, 2.05) is 19.1 Å². The molecule has 150 valence electrons. The lowest BCUT2D eigenvalue weighted by Crippen LogP contribution is -2.44. The molecule has 0 bridgehead atoms. The van der Waals surface area contributed by atoms with Crippen LogP contribution in [0.1, 0.15) is 27.9 Å². The van der Waals surface area contributed by atoms with E-state index in [2.05, 4.69) is 20.3 Å². The van der Waals surface area contributed by atoms with Gasteiger partial charge in [-0.1, -0.05) is 0 Å². The first-order valence-electron chi connectivity index (χ1n) is 9.18. The summed E-state index contributed by atoms with van der Waals surface area (Å²) in [5.74, 6) is 1.24. The number of carbonyl (C=O) groups excluding carboxylic acids is 2. The summed E-state index contributed by atoms with van der Waals surface area (Å²) >= 11 is 0. The molecule has 2 aromatic rings. The maximum atomic E-state index is 12.3. The number of anilines is 1. The molecule has 0 aliphatic carbocycles. The first kappa shape index (κ1) is 19.9. The van der Waals surface area contributed by atoms with Crippen molar-refractivity contribution < 1.29 is 23.5 Å². The second kappa shape index (κ2) is 9.38. The molecule has 0 spiro atoms. The third-order valence-corrected chi connectivity index (χ3v) is 4.60. The first-order valence-corrected chi connectivity index (χ1v) is 9.18. The lowest BCUT2D eigenvalue weighted by atomic mass is 10.1. The number of esters is 1. The van der Waals surface area contributed by atoms with Gasteiger partial charge in [-0.25, -0.2) is 9.59 Å². The average Bonchev–Trinajstić information content (AvgIpc) is 3.15. The van der Waals surface area contributed by atoms with E-state index in [0.717, 1.165) is 24.6 Å². The smallest absolute Gasteiger partial charge is 0.337 e. The summed E-state index contributed by atoms with van der Waals surface area (Å²) in [4.78, 5) is 26.0. The van der Waals surface area contributed by atoms with E-state index >= 15 is 0 Å². The van der Waals surface area contributed by atoms with Gasteiger partial charge in [0.05, 0.1) is 31.9 Å². The quantitative estimate of drug-likeness (QED) is 0.740.